The van der Waals surface area contributed by atoms with Crippen LogP contribution in [0.4, 0.5) is 5.82 Å². The third-order valence-corrected chi connectivity index (χ3v) is 4.46. The Kier molecular flexibility index (Phi) is 4.47. The van der Waals surface area contributed by atoms with Gasteiger partial charge in [-0.15, -0.1) is 0 Å². The average molecular weight is 306 g/mol. The zero-order valence-electron chi connectivity index (χ0n) is 12.3. The van der Waals surface area contributed by atoms with Crippen LogP contribution in [0.1, 0.15) is 18.1 Å². The van der Waals surface area contributed by atoms with Crippen LogP contribution >= 0.6 is 0 Å². The SMILES string of the molecule is CCc1ccc(OC)c(S(=O)(=O)Nc2cc(C)ccn2)c1. The van der Waals surface area contributed by atoms with Crippen LogP contribution < -0.4 is 9.46 Å². The summed E-state index contributed by atoms with van der Waals surface area (Å²) in [5.41, 5.74) is 1.85. The van der Waals surface area contributed by atoms with Crippen molar-refractivity contribution in [3.05, 3.63) is 47.7 Å². The van der Waals surface area contributed by atoms with Crippen LogP contribution in [0.3, 0.4) is 0 Å². The van der Waals surface area contributed by atoms with E-state index in [9.17, 15) is 8.42 Å². The van der Waals surface area contributed by atoms with Gasteiger partial charge in [0.2, 0.25) is 0 Å². The maximum atomic E-state index is 12.5. The van der Waals surface area contributed by atoms with E-state index < -0.39 is 10.0 Å². The van der Waals surface area contributed by atoms with Crippen molar-refractivity contribution >= 4 is 15.8 Å². The number of nitrogens with one attached hydrogen (secondary N) is 1. The summed E-state index contributed by atoms with van der Waals surface area (Å²) in [6.45, 7) is 3.84. The molecule has 21 heavy (non-hydrogen) atoms. The smallest absolute Gasteiger partial charge is 0.266 e. The molecule has 1 aromatic carbocycles. The molecule has 1 N–H and O–H groups in total. The first-order valence-corrected chi connectivity index (χ1v) is 8.07. The number of anilines is 1. The predicted molar refractivity (Wildman–Crippen MR) is 82.2 cm³/mol. The highest BCUT2D eigenvalue weighted by Crippen LogP contribution is 2.26. The first kappa shape index (κ1) is 15.3. The van der Waals surface area contributed by atoms with Gasteiger partial charge in [-0.05, 0) is 48.7 Å². The molecule has 5 nitrogen and oxygen atoms in total. The van der Waals surface area contributed by atoms with E-state index in [-0.39, 0.29) is 4.90 Å². The molecule has 1 heterocycles. The second-order valence-electron chi connectivity index (χ2n) is 4.66. The number of rotatable bonds is 5. The molecule has 0 amide bonds. The van der Waals surface area contributed by atoms with Gasteiger partial charge in [0.1, 0.15) is 16.5 Å². The minimum Gasteiger partial charge on any atom is -0.495 e. The summed E-state index contributed by atoms with van der Waals surface area (Å²) < 4.78 is 32.7. The molecule has 2 aromatic rings. The van der Waals surface area contributed by atoms with Crippen molar-refractivity contribution in [2.45, 2.75) is 25.2 Å². The van der Waals surface area contributed by atoms with Gasteiger partial charge in [-0.3, -0.25) is 4.72 Å². The van der Waals surface area contributed by atoms with Crippen molar-refractivity contribution in [2.75, 3.05) is 11.8 Å². The fraction of sp³-hybridized carbons (Fsp3) is 0.267. The second-order valence-corrected chi connectivity index (χ2v) is 6.31. The minimum atomic E-state index is -3.74. The lowest BCUT2D eigenvalue weighted by Gasteiger charge is -2.12. The third kappa shape index (κ3) is 3.52. The molecule has 112 valence electrons. The van der Waals surface area contributed by atoms with Crippen LogP contribution in [0.25, 0.3) is 0 Å². The largest absolute Gasteiger partial charge is 0.495 e. The predicted octanol–water partition coefficient (Wildman–Crippen LogP) is 2.76. The number of pyridine rings is 1. The number of aromatic nitrogens is 1. The molecule has 6 heteroatoms. The number of nitrogens with zero attached hydrogens (tertiary/aromatic N) is 1. The van der Waals surface area contributed by atoms with Crippen molar-refractivity contribution in [2.24, 2.45) is 0 Å². The fourth-order valence-corrected chi connectivity index (χ4v) is 3.16. The summed E-state index contributed by atoms with van der Waals surface area (Å²) in [4.78, 5) is 4.14. The van der Waals surface area contributed by atoms with E-state index >= 15 is 0 Å². The lowest BCUT2D eigenvalue weighted by molar-refractivity contribution is 0.402. The van der Waals surface area contributed by atoms with Gasteiger partial charge in [-0.1, -0.05) is 13.0 Å². The van der Waals surface area contributed by atoms with Crippen LogP contribution in [0.5, 0.6) is 5.75 Å². The zero-order valence-corrected chi connectivity index (χ0v) is 13.1. The summed E-state index contributed by atoms with van der Waals surface area (Å²) in [6.07, 6.45) is 2.31. The Hall–Kier alpha value is -2.08. The Morgan fingerprint density at radius 2 is 2.00 bits per heavy atom. The Labute approximate surface area is 125 Å². The molecular formula is C15H18N2O3S. The molecule has 2 rings (SSSR count). The van der Waals surface area contributed by atoms with Gasteiger partial charge in [-0.25, -0.2) is 13.4 Å². The minimum absolute atomic E-state index is 0.118. The Bertz CT molecular complexity index is 742. The van der Waals surface area contributed by atoms with E-state index in [1.165, 1.54) is 7.11 Å². The number of aryl methyl sites for hydroxylation is 2. The molecule has 0 saturated carbocycles. The van der Waals surface area contributed by atoms with Crippen molar-refractivity contribution in [3.8, 4) is 5.75 Å². The Morgan fingerprint density at radius 3 is 2.62 bits per heavy atom. The molecule has 0 aliphatic carbocycles. The van der Waals surface area contributed by atoms with E-state index in [1.807, 2.05) is 19.9 Å². The Morgan fingerprint density at radius 1 is 1.24 bits per heavy atom. The van der Waals surface area contributed by atoms with Crippen molar-refractivity contribution in [1.82, 2.24) is 4.98 Å². The molecule has 0 bridgehead atoms. The van der Waals surface area contributed by atoms with Crippen LogP contribution in [0.15, 0.2) is 41.4 Å². The number of ether oxygens (including phenoxy) is 1. The van der Waals surface area contributed by atoms with Gasteiger partial charge in [-0.2, -0.15) is 0 Å². The lowest BCUT2D eigenvalue weighted by atomic mass is 10.2. The summed E-state index contributed by atoms with van der Waals surface area (Å²) >= 11 is 0. The first-order valence-electron chi connectivity index (χ1n) is 6.58. The summed E-state index contributed by atoms with van der Waals surface area (Å²) in [5, 5.41) is 0. The monoisotopic (exact) mass is 306 g/mol. The molecule has 1 aromatic heterocycles. The summed E-state index contributed by atoms with van der Waals surface area (Å²) in [5.74, 6) is 0.603. The van der Waals surface area contributed by atoms with Crippen molar-refractivity contribution in [3.63, 3.8) is 0 Å². The summed E-state index contributed by atoms with van der Waals surface area (Å²) in [7, 11) is -2.29. The van der Waals surface area contributed by atoms with Crippen LogP contribution in [0, 0.1) is 6.92 Å². The molecule has 0 aliphatic rings. The van der Waals surface area contributed by atoms with Crippen LogP contribution in [-0.4, -0.2) is 20.5 Å². The number of sulfonamides is 1. The van der Waals surface area contributed by atoms with Gasteiger partial charge in [0.05, 0.1) is 7.11 Å². The maximum absolute atomic E-state index is 12.5. The molecule has 0 aliphatic heterocycles. The van der Waals surface area contributed by atoms with Gasteiger partial charge in [0.25, 0.3) is 10.0 Å². The van der Waals surface area contributed by atoms with Crippen molar-refractivity contribution in [1.29, 1.82) is 0 Å². The average Bonchev–Trinajstić information content (AvgIpc) is 2.46. The first-order chi connectivity index (χ1) is 9.96. The molecule has 0 unspecified atom stereocenters. The molecule has 0 fully saturated rings. The number of benzene rings is 1. The van der Waals surface area contributed by atoms with Gasteiger partial charge in [0.15, 0.2) is 0 Å². The quantitative estimate of drug-likeness (QED) is 0.922. The lowest BCUT2D eigenvalue weighted by Crippen LogP contribution is -2.15. The van der Waals surface area contributed by atoms with Gasteiger partial charge in [0, 0.05) is 6.20 Å². The van der Waals surface area contributed by atoms with E-state index in [0.29, 0.717) is 11.6 Å². The number of hydrogen-bond acceptors (Lipinski definition) is 4. The van der Waals surface area contributed by atoms with E-state index in [0.717, 1.165) is 17.5 Å². The highest BCUT2D eigenvalue weighted by molar-refractivity contribution is 7.92. The number of methoxy groups -OCH3 is 1. The normalized spacial score (nSPS) is 11.2. The van der Waals surface area contributed by atoms with E-state index in [2.05, 4.69) is 9.71 Å². The van der Waals surface area contributed by atoms with Crippen LogP contribution in [-0.2, 0) is 16.4 Å². The van der Waals surface area contributed by atoms with E-state index in [1.54, 1.807) is 30.5 Å². The number of hydrogen-bond donors (Lipinski definition) is 1. The van der Waals surface area contributed by atoms with Crippen molar-refractivity contribution < 1.29 is 13.2 Å². The second kappa shape index (κ2) is 6.13. The zero-order chi connectivity index (χ0) is 15.5. The molecule has 0 saturated heterocycles. The standard InChI is InChI=1S/C15H18N2O3S/c1-4-12-5-6-13(20-3)14(10-12)21(18,19)17-15-9-11(2)7-8-16-15/h5-10H,4H2,1-3H3,(H,16,17). The topological polar surface area (TPSA) is 68.3 Å². The van der Waals surface area contributed by atoms with Gasteiger partial charge < -0.3 is 4.74 Å². The fourth-order valence-electron chi connectivity index (χ4n) is 1.94. The highest BCUT2D eigenvalue weighted by atomic mass is 32.2. The highest BCUT2D eigenvalue weighted by Gasteiger charge is 2.20. The van der Waals surface area contributed by atoms with Crippen LogP contribution in [0.2, 0.25) is 0 Å². The molecular weight excluding hydrogens is 288 g/mol. The Balaban J connectivity index is 2.43. The molecule has 0 spiro atoms. The van der Waals surface area contributed by atoms with Gasteiger partial charge >= 0.3 is 0 Å². The van der Waals surface area contributed by atoms with E-state index in [4.69, 9.17) is 4.74 Å². The summed E-state index contributed by atoms with van der Waals surface area (Å²) in [6, 6.07) is 8.61. The molecule has 0 atom stereocenters. The maximum Gasteiger partial charge on any atom is 0.266 e. The third-order valence-electron chi connectivity index (χ3n) is 3.08. The molecule has 0 radical (unpaired) electrons.